The molecule has 3 rings (SSSR count). The number of thiazole rings is 1. The third-order valence-electron chi connectivity index (χ3n) is 3.39. The molecule has 3 aromatic rings. The Kier molecular flexibility index (Phi) is 5.50. The van der Waals surface area contributed by atoms with Gasteiger partial charge in [-0.15, -0.1) is 0 Å². The molecule has 0 aliphatic rings. The normalized spacial score (nSPS) is 10.8. The number of benzene rings is 2. The van der Waals surface area contributed by atoms with Crippen molar-refractivity contribution in [1.82, 2.24) is 4.98 Å². The molecular formula is C18H14ClN3O3S. The largest absolute Gasteiger partial charge is 0.506 e. The summed E-state index contributed by atoms with van der Waals surface area (Å²) >= 11 is 7.01. The lowest BCUT2D eigenvalue weighted by atomic mass is 10.1. The summed E-state index contributed by atoms with van der Waals surface area (Å²) in [5, 5.41) is 14.2. The van der Waals surface area contributed by atoms with Crippen LogP contribution in [0.15, 0.2) is 53.6 Å². The topological polar surface area (TPSA) is 83.8 Å². The van der Waals surface area contributed by atoms with Gasteiger partial charge in [0.2, 0.25) is 5.13 Å². The quantitative estimate of drug-likeness (QED) is 0.385. The van der Waals surface area contributed by atoms with Crippen LogP contribution < -0.4 is 5.43 Å². The highest BCUT2D eigenvalue weighted by atomic mass is 35.5. The number of ether oxygens (including phenoxy) is 1. The maximum atomic E-state index is 12.0. The van der Waals surface area contributed by atoms with Crippen molar-refractivity contribution >= 4 is 40.3 Å². The molecule has 0 aliphatic heterocycles. The van der Waals surface area contributed by atoms with Gasteiger partial charge in [0.05, 0.1) is 24.0 Å². The van der Waals surface area contributed by atoms with Crippen molar-refractivity contribution in [3.8, 4) is 17.0 Å². The fourth-order valence-electron chi connectivity index (χ4n) is 2.16. The molecule has 0 bridgehead atoms. The maximum absolute atomic E-state index is 12.0. The van der Waals surface area contributed by atoms with Crippen LogP contribution >= 0.6 is 22.9 Å². The zero-order valence-electron chi connectivity index (χ0n) is 13.6. The first-order valence-electron chi connectivity index (χ1n) is 7.50. The van der Waals surface area contributed by atoms with Crippen molar-refractivity contribution in [3.63, 3.8) is 0 Å². The summed E-state index contributed by atoms with van der Waals surface area (Å²) in [6.45, 7) is 0. The monoisotopic (exact) mass is 387 g/mol. The Morgan fingerprint density at radius 1 is 1.31 bits per heavy atom. The molecule has 2 N–H and O–H groups in total. The van der Waals surface area contributed by atoms with E-state index in [1.54, 1.807) is 12.1 Å². The maximum Gasteiger partial charge on any atom is 0.350 e. The Bertz CT molecular complexity index is 958. The van der Waals surface area contributed by atoms with E-state index in [1.807, 2.05) is 30.3 Å². The molecule has 6 nitrogen and oxygen atoms in total. The van der Waals surface area contributed by atoms with Crippen LogP contribution in [0.4, 0.5) is 5.13 Å². The van der Waals surface area contributed by atoms with Crippen LogP contribution in [0.3, 0.4) is 0 Å². The molecule has 132 valence electrons. The summed E-state index contributed by atoms with van der Waals surface area (Å²) in [5.74, 6) is -0.448. The van der Waals surface area contributed by atoms with E-state index in [-0.39, 0.29) is 10.8 Å². The Hall–Kier alpha value is -2.90. The molecule has 0 unspecified atom stereocenters. The molecule has 0 amide bonds. The van der Waals surface area contributed by atoms with E-state index in [9.17, 15) is 9.90 Å². The van der Waals surface area contributed by atoms with E-state index >= 15 is 0 Å². The lowest BCUT2D eigenvalue weighted by Gasteiger charge is -1.99. The zero-order chi connectivity index (χ0) is 18.5. The van der Waals surface area contributed by atoms with Gasteiger partial charge < -0.3 is 9.84 Å². The Labute approximate surface area is 158 Å². The number of phenols is 1. The van der Waals surface area contributed by atoms with Crippen LogP contribution in [0.25, 0.3) is 11.3 Å². The lowest BCUT2D eigenvalue weighted by molar-refractivity contribution is 0.0607. The molecule has 0 spiro atoms. The average Bonchev–Trinajstić information content (AvgIpc) is 3.09. The van der Waals surface area contributed by atoms with E-state index in [4.69, 9.17) is 16.3 Å². The molecule has 1 aromatic heterocycles. The van der Waals surface area contributed by atoms with Gasteiger partial charge in [-0.05, 0) is 23.8 Å². The van der Waals surface area contributed by atoms with Gasteiger partial charge in [-0.1, -0.05) is 53.3 Å². The van der Waals surface area contributed by atoms with Crippen molar-refractivity contribution in [2.45, 2.75) is 0 Å². The van der Waals surface area contributed by atoms with Gasteiger partial charge in [0.15, 0.2) is 0 Å². The zero-order valence-corrected chi connectivity index (χ0v) is 15.2. The summed E-state index contributed by atoms with van der Waals surface area (Å²) in [4.78, 5) is 16.9. The number of aromatic nitrogens is 1. The van der Waals surface area contributed by atoms with Gasteiger partial charge >= 0.3 is 5.97 Å². The number of anilines is 1. The highest BCUT2D eigenvalue weighted by Gasteiger charge is 2.19. The third-order valence-corrected chi connectivity index (χ3v) is 4.63. The number of aromatic hydroxyl groups is 1. The van der Waals surface area contributed by atoms with Crippen LogP contribution in [0.2, 0.25) is 5.02 Å². The summed E-state index contributed by atoms with van der Waals surface area (Å²) in [6.07, 6.45) is 1.53. The minimum Gasteiger partial charge on any atom is -0.506 e. The number of nitrogens with zero attached hydrogens (tertiary/aromatic N) is 2. The molecule has 0 atom stereocenters. The standard InChI is InChI=1S/C18H14ClN3O3S/c1-25-17(24)16-15(12-5-3-2-4-6-12)21-18(26-16)22-20-10-11-7-8-14(23)13(19)9-11/h2-10,23H,1H3,(H,21,22)/b20-10-. The Morgan fingerprint density at radius 2 is 2.08 bits per heavy atom. The molecule has 2 aromatic carbocycles. The molecule has 0 aliphatic carbocycles. The van der Waals surface area contributed by atoms with Gasteiger partial charge in [-0.25, -0.2) is 9.78 Å². The highest BCUT2D eigenvalue weighted by molar-refractivity contribution is 7.17. The van der Waals surface area contributed by atoms with Crippen molar-refractivity contribution in [3.05, 3.63) is 64.0 Å². The van der Waals surface area contributed by atoms with E-state index in [1.165, 1.54) is 19.4 Å². The molecule has 1 heterocycles. The van der Waals surface area contributed by atoms with Gasteiger partial charge in [0, 0.05) is 5.56 Å². The first-order valence-corrected chi connectivity index (χ1v) is 8.70. The van der Waals surface area contributed by atoms with Crippen molar-refractivity contribution in [1.29, 1.82) is 0 Å². The molecule has 0 saturated carbocycles. The van der Waals surface area contributed by atoms with Crippen LogP contribution in [0.5, 0.6) is 5.75 Å². The predicted octanol–water partition coefficient (Wildman–Crippen LogP) is 4.40. The first-order chi connectivity index (χ1) is 12.6. The Balaban J connectivity index is 1.84. The molecular weight excluding hydrogens is 374 g/mol. The van der Waals surface area contributed by atoms with Gasteiger partial charge in [-0.3, -0.25) is 5.43 Å². The average molecular weight is 388 g/mol. The number of hydrogen-bond donors (Lipinski definition) is 2. The second-order valence-corrected chi connectivity index (χ2v) is 6.54. The number of methoxy groups -OCH3 is 1. The number of phenolic OH excluding ortho intramolecular Hbond substituents is 1. The third kappa shape index (κ3) is 4.01. The van der Waals surface area contributed by atoms with E-state index in [2.05, 4.69) is 15.5 Å². The highest BCUT2D eigenvalue weighted by Crippen LogP contribution is 2.31. The molecule has 26 heavy (non-hydrogen) atoms. The van der Waals surface area contributed by atoms with Crippen LogP contribution in [0, 0.1) is 0 Å². The Morgan fingerprint density at radius 3 is 2.77 bits per heavy atom. The minimum absolute atomic E-state index is 0.00641. The number of carbonyl (C=O) groups excluding carboxylic acids is 1. The van der Waals surface area contributed by atoms with Gasteiger partial charge in [0.25, 0.3) is 0 Å². The summed E-state index contributed by atoms with van der Waals surface area (Å²) in [6, 6.07) is 14.1. The molecule has 8 heteroatoms. The van der Waals surface area contributed by atoms with Crippen LogP contribution in [-0.2, 0) is 4.74 Å². The number of esters is 1. The second-order valence-electron chi connectivity index (χ2n) is 5.14. The minimum atomic E-state index is -0.455. The summed E-state index contributed by atoms with van der Waals surface area (Å²) in [7, 11) is 1.33. The van der Waals surface area contributed by atoms with Gasteiger partial charge in [0.1, 0.15) is 10.6 Å². The van der Waals surface area contributed by atoms with Crippen LogP contribution in [-0.4, -0.2) is 29.4 Å². The molecule has 0 fully saturated rings. The summed E-state index contributed by atoms with van der Waals surface area (Å²) in [5.41, 5.74) is 4.85. The summed E-state index contributed by atoms with van der Waals surface area (Å²) < 4.78 is 4.84. The molecule has 0 saturated heterocycles. The van der Waals surface area contributed by atoms with Crippen molar-refractivity contribution in [2.24, 2.45) is 5.10 Å². The second kappa shape index (κ2) is 7.99. The van der Waals surface area contributed by atoms with Crippen LogP contribution in [0.1, 0.15) is 15.2 Å². The lowest BCUT2D eigenvalue weighted by Crippen LogP contribution is -2.00. The number of nitrogens with one attached hydrogen (secondary N) is 1. The van der Waals surface area contributed by atoms with E-state index in [0.717, 1.165) is 16.9 Å². The SMILES string of the molecule is COC(=O)c1sc(N/N=C\c2ccc(O)c(Cl)c2)nc1-c1ccccc1. The van der Waals surface area contributed by atoms with E-state index < -0.39 is 5.97 Å². The van der Waals surface area contributed by atoms with E-state index in [0.29, 0.717) is 21.3 Å². The number of halogens is 1. The smallest absolute Gasteiger partial charge is 0.350 e. The predicted molar refractivity (Wildman–Crippen MR) is 103 cm³/mol. The fourth-order valence-corrected chi connectivity index (χ4v) is 3.20. The van der Waals surface area contributed by atoms with Gasteiger partial charge in [-0.2, -0.15) is 5.10 Å². The fraction of sp³-hybridized carbons (Fsp3) is 0.0556. The first kappa shape index (κ1) is 17.9. The number of hydrogen-bond acceptors (Lipinski definition) is 7. The number of carbonyl (C=O) groups is 1. The molecule has 0 radical (unpaired) electrons. The number of hydrazone groups is 1. The van der Waals surface area contributed by atoms with Crippen molar-refractivity contribution < 1.29 is 14.6 Å². The number of rotatable bonds is 5. The van der Waals surface area contributed by atoms with Crippen molar-refractivity contribution in [2.75, 3.05) is 12.5 Å².